The Balaban J connectivity index is 0.726. The summed E-state index contributed by atoms with van der Waals surface area (Å²) in [5, 5.41) is 0. The minimum Gasteiger partial charge on any atom is -0.342 e. The Morgan fingerprint density at radius 3 is 1.66 bits per heavy atom. The lowest BCUT2D eigenvalue weighted by Gasteiger charge is -2.39. The molecule has 10 aliphatic rings. The predicted octanol–water partition coefficient (Wildman–Crippen LogP) is 17.3. The van der Waals surface area contributed by atoms with Crippen LogP contribution in [0.3, 0.4) is 0 Å². The van der Waals surface area contributed by atoms with E-state index in [9.17, 15) is 0 Å². The standard InChI is InChI=1S/C72H64N4/c1-7-28-67-61(22-1)62-23-2-8-29-68(62)74(67)58-19-13-16-52(46-58)49-34-40-55(41-35-49)73(56-42-36-50(37-43-56)53-17-14-20-59(47-53)75-69-30-9-3-24-63(69)64-25-4-10-31-70(64)75)57-44-38-51(39-45-57)54-18-15-21-60(48-54)76-71-32-11-5-26-65(71)66-27-6-12-33-72(66)76/h1-5,7-26,28-36,38,40,42,44,47-48,52,55,61,63,66-67,69,72H,6,27,37,39,41,43,45-46H2. The van der Waals surface area contributed by atoms with Crippen LogP contribution in [-0.2, 0) is 0 Å². The van der Waals surface area contributed by atoms with E-state index in [1.165, 1.54) is 96.5 Å². The predicted molar refractivity (Wildman–Crippen MR) is 317 cm³/mol. The highest BCUT2D eigenvalue weighted by Crippen LogP contribution is 2.52. The number of rotatable bonds is 9. The molecule has 3 heterocycles. The van der Waals surface area contributed by atoms with Gasteiger partial charge in [0.05, 0.1) is 24.2 Å². The lowest BCUT2D eigenvalue weighted by molar-refractivity contribution is 0.336. The number of anilines is 5. The summed E-state index contributed by atoms with van der Waals surface area (Å²) in [6, 6.07) is 47.0. The normalized spacial score (nSPS) is 27.1. The maximum Gasteiger partial charge on any atom is 0.0629 e. The molecule has 0 amide bonds. The second-order valence-corrected chi connectivity index (χ2v) is 22.4. The third-order valence-corrected chi connectivity index (χ3v) is 18.3. The molecular formula is C72H64N4. The third kappa shape index (κ3) is 7.70. The fourth-order valence-electron chi connectivity index (χ4n) is 14.7. The van der Waals surface area contributed by atoms with Gasteiger partial charge in [0.25, 0.3) is 0 Å². The first-order valence-electron chi connectivity index (χ1n) is 28.3. The van der Waals surface area contributed by atoms with E-state index in [2.05, 4.69) is 262 Å². The molecule has 3 aliphatic heterocycles. The van der Waals surface area contributed by atoms with Crippen molar-refractivity contribution in [3.63, 3.8) is 0 Å². The van der Waals surface area contributed by atoms with Crippen molar-refractivity contribution >= 4 is 39.6 Å². The first kappa shape index (κ1) is 45.3. The van der Waals surface area contributed by atoms with Gasteiger partial charge in [-0.15, -0.1) is 0 Å². The Bertz CT molecular complexity index is 3510. The Hall–Kier alpha value is -8.08. The van der Waals surface area contributed by atoms with Gasteiger partial charge in [-0.05, 0) is 157 Å². The zero-order valence-electron chi connectivity index (χ0n) is 43.2. The maximum absolute atomic E-state index is 2.73. The van der Waals surface area contributed by atoms with Crippen LogP contribution in [0.15, 0.2) is 266 Å². The van der Waals surface area contributed by atoms with Gasteiger partial charge in [0.15, 0.2) is 0 Å². The number of para-hydroxylation sites is 3. The summed E-state index contributed by atoms with van der Waals surface area (Å²) >= 11 is 0. The minimum absolute atomic E-state index is 0.235. The molecule has 0 aromatic heterocycles. The average molecular weight is 985 g/mol. The zero-order chi connectivity index (χ0) is 50.1. The molecule has 8 unspecified atom stereocenters. The van der Waals surface area contributed by atoms with E-state index in [1.54, 1.807) is 0 Å². The van der Waals surface area contributed by atoms with Crippen molar-refractivity contribution in [1.29, 1.82) is 0 Å². The van der Waals surface area contributed by atoms with Gasteiger partial charge in [-0.3, -0.25) is 0 Å². The number of benzene rings is 5. The van der Waals surface area contributed by atoms with E-state index >= 15 is 0 Å². The zero-order valence-corrected chi connectivity index (χ0v) is 43.2. The van der Waals surface area contributed by atoms with Gasteiger partial charge in [-0.25, -0.2) is 0 Å². The van der Waals surface area contributed by atoms with Crippen LogP contribution < -0.4 is 14.7 Å². The molecule has 0 radical (unpaired) electrons. The second-order valence-electron chi connectivity index (χ2n) is 22.4. The number of hydrogen-bond donors (Lipinski definition) is 0. The molecule has 0 saturated carbocycles. The van der Waals surface area contributed by atoms with E-state index in [0.29, 0.717) is 35.8 Å². The number of allylic oxidation sites excluding steroid dienone is 19. The average Bonchev–Trinajstić information content (AvgIpc) is 4.17. The van der Waals surface area contributed by atoms with E-state index in [1.807, 2.05) is 0 Å². The minimum atomic E-state index is 0.235. The highest BCUT2D eigenvalue weighted by Gasteiger charge is 2.41. The van der Waals surface area contributed by atoms with Gasteiger partial charge in [0.1, 0.15) is 0 Å². The second kappa shape index (κ2) is 18.9. The van der Waals surface area contributed by atoms with Gasteiger partial charge in [-0.1, -0.05) is 182 Å². The summed E-state index contributed by atoms with van der Waals surface area (Å²) in [5.74, 6) is 1.65. The molecular weight excluding hydrogens is 921 g/mol. The van der Waals surface area contributed by atoms with E-state index in [-0.39, 0.29) is 12.1 Å². The molecule has 15 rings (SSSR count). The Labute approximate surface area is 449 Å². The molecule has 5 aromatic rings. The molecule has 8 atom stereocenters. The van der Waals surface area contributed by atoms with Crippen molar-refractivity contribution in [2.24, 2.45) is 5.92 Å². The molecule has 0 spiro atoms. The molecule has 76 heavy (non-hydrogen) atoms. The Kier molecular flexibility index (Phi) is 11.3. The SMILES string of the molecule is C1=CC(C2=CCC(N(C3=CC=C(c4cccc(N5c6ccccc6C6C=CC=CC65)c4)CC3)C3=CC=C(c4cccc(N5c6ccccc6C6CCC=CC65)c4)CC3)C=C2)CC(N2c3ccccc3C3C=CC=CC32)=C1. The van der Waals surface area contributed by atoms with Crippen LogP contribution >= 0.6 is 0 Å². The topological polar surface area (TPSA) is 13.0 Å². The van der Waals surface area contributed by atoms with Crippen LogP contribution in [0, 0.1) is 5.92 Å². The van der Waals surface area contributed by atoms with E-state index in [4.69, 9.17) is 0 Å². The van der Waals surface area contributed by atoms with Crippen molar-refractivity contribution in [2.45, 2.75) is 93.3 Å². The summed E-state index contributed by atoms with van der Waals surface area (Å²) < 4.78 is 0. The van der Waals surface area contributed by atoms with Crippen LogP contribution in [-0.4, -0.2) is 29.1 Å². The van der Waals surface area contributed by atoms with Crippen molar-refractivity contribution in [1.82, 2.24) is 4.90 Å². The van der Waals surface area contributed by atoms with Gasteiger partial charge < -0.3 is 19.6 Å². The number of fused-ring (bicyclic) bond motifs is 9. The monoisotopic (exact) mass is 985 g/mol. The van der Waals surface area contributed by atoms with Crippen molar-refractivity contribution < 1.29 is 0 Å². The van der Waals surface area contributed by atoms with Gasteiger partial charge in [0.2, 0.25) is 0 Å². The van der Waals surface area contributed by atoms with E-state index < -0.39 is 0 Å². The molecule has 7 aliphatic carbocycles. The van der Waals surface area contributed by atoms with Crippen LogP contribution in [0.25, 0.3) is 11.1 Å². The van der Waals surface area contributed by atoms with Gasteiger partial charge in [-0.2, -0.15) is 0 Å². The summed E-state index contributed by atoms with van der Waals surface area (Å²) in [5.41, 5.74) is 22.1. The van der Waals surface area contributed by atoms with Crippen LogP contribution in [0.5, 0.6) is 0 Å². The van der Waals surface area contributed by atoms with Crippen LogP contribution in [0.1, 0.15) is 96.9 Å². The molecule has 0 bridgehead atoms. The first-order chi connectivity index (χ1) is 37.7. The van der Waals surface area contributed by atoms with Crippen molar-refractivity contribution in [3.8, 4) is 0 Å². The Morgan fingerprint density at radius 2 is 1.04 bits per heavy atom. The quantitative estimate of drug-likeness (QED) is 0.136. The fourth-order valence-corrected chi connectivity index (χ4v) is 14.7. The van der Waals surface area contributed by atoms with Crippen molar-refractivity contribution in [2.75, 3.05) is 14.7 Å². The Morgan fingerprint density at radius 1 is 0.461 bits per heavy atom. The largest absolute Gasteiger partial charge is 0.342 e. The fraction of sp³-hybridized carbons (Fsp3) is 0.222. The molecule has 0 saturated heterocycles. The lowest BCUT2D eigenvalue weighted by Crippen LogP contribution is -2.35. The summed E-state index contributed by atoms with van der Waals surface area (Å²) in [6.07, 6.45) is 56.0. The van der Waals surface area contributed by atoms with Crippen molar-refractivity contribution in [3.05, 3.63) is 293 Å². The molecule has 5 aromatic carbocycles. The lowest BCUT2D eigenvalue weighted by atomic mass is 9.85. The molecule has 0 fully saturated rings. The van der Waals surface area contributed by atoms with Gasteiger partial charge in [0, 0.05) is 69.2 Å². The summed E-state index contributed by atoms with van der Waals surface area (Å²) in [7, 11) is 0. The number of nitrogens with zero attached hydrogens (tertiary/aromatic N) is 4. The molecule has 0 N–H and O–H groups in total. The summed E-state index contributed by atoms with van der Waals surface area (Å²) in [4.78, 5) is 10.5. The third-order valence-electron chi connectivity index (χ3n) is 18.3. The van der Waals surface area contributed by atoms with Crippen LogP contribution in [0.2, 0.25) is 0 Å². The highest BCUT2D eigenvalue weighted by molar-refractivity contribution is 5.81. The smallest absolute Gasteiger partial charge is 0.0629 e. The number of hydrogen-bond acceptors (Lipinski definition) is 4. The maximum atomic E-state index is 2.73. The highest BCUT2D eigenvalue weighted by atomic mass is 15.2. The van der Waals surface area contributed by atoms with Gasteiger partial charge >= 0.3 is 0 Å². The molecule has 4 heteroatoms. The van der Waals surface area contributed by atoms with Crippen LogP contribution in [0.4, 0.5) is 28.4 Å². The summed E-state index contributed by atoms with van der Waals surface area (Å²) in [6.45, 7) is 0. The first-order valence-corrected chi connectivity index (χ1v) is 28.3. The molecule has 372 valence electrons. The van der Waals surface area contributed by atoms with E-state index in [0.717, 1.165) is 44.9 Å². The molecule has 4 nitrogen and oxygen atoms in total.